The van der Waals surface area contributed by atoms with Gasteiger partial charge in [0.05, 0.1) is 10.0 Å². The van der Waals surface area contributed by atoms with E-state index in [2.05, 4.69) is 36.4 Å². The molecule has 3 nitrogen and oxygen atoms in total. The van der Waals surface area contributed by atoms with Crippen molar-refractivity contribution >= 4 is 34.8 Å². The predicted molar refractivity (Wildman–Crippen MR) is 92.7 cm³/mol. The van der Waals surface area contributed by atoms with Crippen LogP contribution in [0.5, 0.6) is 0 Å². The molecule has 1 aromatic heterocycles. The van der Waals surface area contributed by atoms with Crippen LogP contribution in [-0.4, -0.2) is 17.6 Å². The molecule has 0 bridgehead atoms. The third kappa shape index (κ3) is 4.65. The average Bonchev–Trinajstić information content (AvgIpc) is 2.42. The molecule has 21 heavy (non-hydrogen) atoms. The molecule has 2 rings (SSSR count). The number of nitrogens with one attached hydrogen (secondary N) is 2. The van der Waals surface area contributed by atoms with E-state index in [0.29, 0.717) is 27.3 Å². The summed E-state index contributed by atoms with van der Waals surface area (Å²) in [5, 5.41) is 7.89. The fraction of sp³-hybridized carbons (Fsp3) is 0.688. The van der Waals surface area contributed by atoms with Crippen LogP contribution in [0.25, 0.3) is 0 Å². The lowest BCUT2D eigenvalue weighted by atomic mass is 9.75. The normalized spacial score (nSPS) is 18.5. The van der Waals surface area contributed by atoms with Gasteiger partial charge >= 0.3 is 0 Å². The first-order valence-corrected chi connectivity index (χ1v) is 8.53. The summed E-state index contributed by atoms with van der Waals surface area (Å²) in [4.78, 5) is 4.55. The molecule has 0 radical (unpaired) electrons. The second-order valence-corrected chi connectivity index (χ2v) is 7.47. The number of halogens is 2. The van der Waals surface area contributed by atoms with Crippen molar-refractivity contribution < 1.29 is 0 Å². The van der Waals surface area contributed by atoms with Crippen LogP contribution in [0.15, 0.2) is 6.07 Å². The zero-order chi connectivity index (χ0) is 15.5. The summed E-state index contributed by atoms with van der Waals surface area (Å²) in [5.41, 5.74) is 0.462. The lowest BCUT2D eigenvalue weighted by Gasteiger charge is -2.35. The molecule has 5 heteroatoms. The molecule has 0 saturated heterocycles. The van der Waals surface area contributed by atoms with Crippen LogP contribution in [0.2, 0.25) is 10.0 Å². The highest BCUT2D eigenvalue weighted by Gasteiger charge is 2.27. The Morgan fingerprint density at radius 1 is 1.19 bits per heavy atom. The van der Waals surface area contributed by atoms with Gasteiger partial charge in [-0.15, -0.1) is 0 Å². The van der Waals surface area contributed by atoms with Crippen molar-refractivity contribution in [3.63, 3.8) is 0 Å². The second-order valence-electron chi connectivity index (χ2n) is 6.66. The van der Waals surface area contributed by atoms with E-state index in [1.807, 2.05) is 0 Å². The highest BCUT2D eigenvalue weighted by molar-refractivity contribution is 6.37. The van der Waals surface area contributed by atoms with Gasteiger partial charge in [-0.2, -0.15) is 0 Å². The minimum absolute atomic E-state index is 0.447. The van der Waals surface area contributed by atoms with Gasteiger partial charge in [0.15, 0.2) is 0 Å². The van der Waals surface area contributed by atoms with Gasteiger partial charge in [0, 0.05) is 12.6 Å². The van der Waals surface area contributed by atoms with Crippen molar-refractivity contribution in [2.75, 3.05) is 17.2 Å². The average molecular weight is 330 g/mol. The zero-order valence-corrected chi connectivity index (χ0v) is 14.6. The second kappa shape index (κ2) is 7.06. The van der Waals surface area contributed by atoms with Gasteiger partial charge in [0.25, 0.3) is 0 Å². The number of nitrogens with zero attached hydrogens (tertiary/aromatic N) is 1. The molecule has 0 unspecified atom stereocenters. The lowest BCUT2D eigenvalue weighted by Crippen LogP contribution is -2.30. The maximum absolute atomic E-state index is 6.27. The Morgan fingerprint density at radius 3 is 2.43 bits per heavy atom. The monoisotopic (exact) mass is 329 g/mol. The molecule has 1 aliphatic carbocycles. The molecule has 2 N–H and O–H groups in total. The standard InChI is InChI=1S/C16H25Cl2N3/c1-4-9-19-14-12(17)10-13(18)15(21-14)20-11-5-7-16(2,3)8-6-11/h10-11H,4-9H2,1-3H3,(H2,19,20,21). The maximum atomic E-state index is 6.27. The predicted octanol–water partition coefficient (Wildman–Crippen LogP) is 5.59. The molecule has 1 fully saturated rings. The van der Waals surface area contributed by atoms with Crippen LogP contribution in [0.3, 0.4) is 0 Å². The van der Waals surface area contributed by atoms with Crippen molar-refractivity contribution in [3.8, 4) is 0 Å². The first kappa shape index (κ1) is 16.7. The highest BCUT2D eigenvalue weighted by Crippen LogP contribution is 2.37. The summed E-state index contributed by atoms with van der Waals surface area (Å²) in [6, 6.07) is 2.21. The number of hydrogen-bond donors (Lipinski definition) is 2. The molecule has 1 aromatic rings. The largest absolute Gasteiger partial charge is 0.369 e. The first-order valence-electron chi connectivity index (χ1n) is 7.78. The lowest BCUT2D eigenvalue weighted by molar-refractivity contribution is 0.232. The molecule has 0 aromatic carbocycles. The summed E-state index contributed by atoms with van der Waals surface area (Å²) in [5.74, 6) is 1.45. The molecule has 0 amide bonds. The Labute approximate surface area is 137 Å². The van der Waals surface area contributed by atoms with E-state index < -0.39 is 0 Å². The fourth-order valence-electron chi connectivity index (χ4n) is 2.67. The minimum atomic E-state index is 0.447. The topological polar surface area (TPSA) is 37.0 Å². The molecule has 1 aliphatic rings. The summed E-state index contributed by atoms with van der Waals surface area (Å²) in [6.45, 7) is 7.64. The SMILES string of the molecule is CCCNc1nc(NC2CCC(C)(C)CC2)c(Cl)cc1Cl. The van der Waals surface area contributed by atoms with Crippen molar-refractivity contribution in [2.24, 2.45) is 5.41 Å². The molecule has 1 heterocycles. The number of pyridine rings is 1. The van der Waals surface area contributed by atoms with Crippen LogP contribution in [-0.2, 0) is 0 Å². The van der Waals surface area contributed by atoms with Gasteiger partial charge in [-0.25, -0.2) is 4.98 Å². The van der Waals surface area contributed by atoms with Gasteiger partial charge in [-0.3, -0.25) is 0 Å². The number of anilines is 2. The number of rotatable bonds is 5. The van der Waals surface area contributed by atoms with Crippen molar-refractivity contribution in [3.05, 3.63) is 16.1 Å². The summed E-state index contributed by atoms with van der Waals surface area (Å²) in [6.07, 6.45) is 5.81. The Hall–Kier alpha value is -0.670. The van der Waals surface area contributed by atoms with Crippen LogP contribution in [0, 0.1) is 5.41 Å². The van der Waals surface area contributed by atoms with Gasteiger partial charge < -0.3 is 10.6 Å². The van der Waals surface area contributed by atoms with Crippen LogP contribution < -0.4 is 10.6 Å². The Morgan fingerprint density at radius 2 is 1.81 bits per heavy atom. The minimum Gasteiger partial charge on any atom is -0.369 e. The molecule has 1 saturated carbocycles. The van der Waals surface area contributed by atoms with Crippen molar-refractivity contribution in [2.45, 2.75) is 58.9 Å². The van der Waals surface area contributed by atoms with Gasteiger partial charge in [0.1, 0.15) is 11.6 Å². The van der Waals surface area contributed by atoms with Crippen LogP contribution in [0.4, 0.5) is 11.6 Å². The van der Waals surface area contributed by atoms with Crippen molar-refractivity contribution in [1.29, 1.82) is 0 Å². The van der Waals surface area contributed by atoms with Crippen molar-refractivity contribution in [1.82, 2.24) is 4.98 Å². The van der Waals surface area contributed by atoms with E-state index in [1.165, 1.54) is 12.8 Å². The van der Waals surface area contributed by atoms with E-state index >= 15 is 0 Å². The van der Waals surface area contributed by atoms with Gasteiger partial charge in [0.2, 0.25) is 0 Å². The Balaban J connectivity index is 2.05. The van der Waals surface area contributed by atoms with E-state index in [-0.39, 0.29) is 0 Å². The highest BCUT2D eigenvalue weighted by atomic mass is 35.5. The van der Waals surface area contributed by atoms with Crippen LogP contribution in [0.1, 0.15) is 52.9 Å². The number of aromatic nitrogens is 1. The Kier molecular flexibility index (Phi) is 5.61. The maximum Gasteiger partial charge on any atom is 0.147 e. The van der Waals surface area contributed by atoms with Gasteiger partial charge in [-0.05, 0) is 43.6 Å². The Bertz CT molecular complexity index is 479. The smallest absolute Gasteiger partial charge is 0.147 e. The molecule has 0 aliphatic heterocycles. The fourth-order valence-corrected chi connectivity index (χ4v) is 3.15. The van der Waals surface area contributed by atoms with Crippen LogP contribution >= 0.6 is 23.2 Å². The number of hydrogen-bond acceptors (Lipinski definition) is 3. The summed E-state index contributed by atoms with van der Waals surface area (Å²) >= 11 is 12.5. The molecular formula is C16H25Cl2N3. The van der Waals surface area contributed by atoms with E-state index in [4.69, 9.17) is 23.2 Å². The summed E-state index contributed by atoms with van der Waals surface area (Å²) in [7, 11) is 0. The van der Waals surface area contributed by atoms with E-state index in [9.17, 15) is 0 Å². The quantitative estimate of drug-likeness (QED) is 0.739. The van der Waals surface area contributed by atoms with E-state index in [1.54, 1.807) is 6.07 Å². The van der Waals surface area contributed by atoms with Gasteiger partial charge in [-0.1, -0.05) is 44.0 Å². The molecular weight excluding hydrogens is 305 g/mol. The molecule has 118 valence electrons. The van der Waals surface area contributed by atoms with E-state index in [0.717, 1.165) is 31.6 Å². The zero-order valence-electron chi connectivity index (χ0n) is 13.1. The first-order chi connectivity index (χ1) is 9.91. The molecule has 0 atom stereocenters. The summed E-state index contributed by atoms with van der Waals surface area (Å²) < 4.78 is 0. The third-order valence-corrected chi connectivity index (χ3v) is 4.73. The molecule has 0 spiro atoms. The third-order valence-electron chi connectivity index (χ3n) is 4.15.